The first-order chi connectivity index (χ1) is 11.0. The highest BCUT2D eigenvalue weighted by atomic mass is 32.1. The summed E-state index contributed by atoms with van der Waals surface area (Å²) >= 11 is 1.70. The lowest BCUT2D eigenvalue weighted by Crippen LogP contribution is -2.36. The first-order valence-corrected chi connectivity index (χ1v) is 8.65. The van der Waals surface area contributed by atoms with Crippen LogP contribution in [0.2, 0.25) is 0 Å². The fourth-order valence-electron chi connectivity index (χ4n) is 2.06. The number of guanidine groups is 1. The molecule has 0 aliphatic heterocycles. The van der Waals surface area contributed by atoms with Crippen molar-refractivity contribution < 1.29 is 4.74 Å². The van der Waals surface area contributed by atoms with E-state index >= 15 is 0 Å². The average molecular weight is 331 g/mol. The van der Waals surface area contributed by atoms with Gasteiger partial charge in [0.1, 0.15) is 11.4 Å². The Morgan fingerprint density at radius 2 is 1.87 bits per heavy atom. The van der Waals surface area contributed by atoms with E-state index in [1.165, 1.54) is 5.56 Å². The van der Waals surface area contributed by atoms with Crippen LogP contribution in [0.25, 0.3) is 0 Å². The summed E-state index contributed by atoms with van der Waals surface area (Å²) in [5.74, 6) is 1.68. The summed E-state index contributed by atoms with van der Waals surface area (Å²) in [7, 11) is 1.78. The van der Waals surface area contributed by atoms with Crippen LogP contribution >= 0.6 is 11.3 Å². The Morgan fingerprint density at radius 3 is 2.52 bits per heavy atom. The molecule has 124 valence electrons. The Kier molecular flexibility index (Phi) is 6.04. The van der Waals surface area contributed by atoms with E-state index in [1.54, 1.807) is 18.4 Å². The summed E-state index contributed by atoms with van der Waals surface area (Å²) in [6.45, 7) is 7.59. The SMILES string of the molecule is CN=C(NCc1ccsc1)NCc1ccccc1OC(C)(C)C. The Balaban J connectivity index is 1.93. The third-order valence-corrected chi connectivity index (χ3v) is 3.83. The van der Waals surface area contributed by atoms with Gasteiger partial charge in [-0.05, 0) is 49.2 Å². The fraction of sp³-hybridized carbons (Fsp3) is 0.389. The minimum atomic E-state index is -0.213. The zero-order chi connectivity index (χ0) is 16.7. The number of hydrogen-bond acceptors (Lipinski definition) is 3. The van der Waals surface area contributed by atoms with Gasteiger partial charge in [0.25, 0.3) is 0 Å². The summed E-state index contributed by atoms with van der Waals surface area (Å²) in [5, 5.41) is 10.9. The number of thiophene rings is 1. The third-order valence-electron chi connectivity index (χ3n) is 3.10. The van der Waals surface area contributed by atoms with E-state index < -0.39 is 0 Å². The number of nitrogens with zero attached hydrogens (tertiary/aromatic N) is 1. The van der Waals surface area contributed by atoms with Gasteiger partial charge in [-0.15, -0.1) is 0 Å². The van der Waals surface area contributed by atoms with Crippen molar-refractivity contribution in [2.24, 2.45) is 4.99 Å². The Bertz CT molecular complexity index is 630. The highest BCUT2D eigenvalue weighted by Gasteiger charge is 2.14. The topological polar surface area (TPSA) is 45.7 Å². The van der Waals surface area contributed by atoms with Crippen LogP contribution in [0, 0.1) is 0 Å². The Morgan fingerprint density at radius 1 is 1.13 bits per heavy atom. The van der Waals surface area contributed by atoms with Crippen LogP contribution in [0.1, 0.15) is 31.9 Å². The largest absolute Gasteiger partial charge is 0.488 e. The fourth-order valence-corrected chi connectivity index (χ4v) is 2.73. The molecule has 4 nitrogen and oxygen atoms in total. The second-order valence-electron chi connectivity index (χ2n) is 6.23. The molecule has 5 heteroatoms. The van der Waals surface area contributed by atoms with Gasteiger partial charge in [-0.3, -0.25) is 4.99 Å². The number of hydrogen-bond donors (Lipinski definition) is 2. The van der Waals surface area contributed by atoms with Gasteiger partial charge >= 0.3 is 0 Å². The second kappa shape index (κ2) is 8.02. The predicted octanol–water partition coefficient (Wildman–Crippen LogP) is 3.79. The molecule has 2 aromatic rings. The molecule has 0 amide bonds. The lowest BCUT2D eigenvalue weighted by atomic mass is 10.1. The molecule has 0 saturated carbocycles. The quantitative estimate of drug-likeness (QED) is 0.647. The van der Waals surface area contributed by atoms with Gasteiger partial charge < -0.3 is 15.4 Å². The minimum absolute atomic E-state index is 0.213. The summed E-state index contributed by atoms with van der Waals surface area (Å²) in [4.78, 5) is 4.26. The molecule has 0 atom stereocenters. The third kappa shape index (κ3) is 5.94. The van der Waals surface area contributed by atoms with Crippen molar-refractivity contribution in [3.8, 4) is 5.75 Å². The molecule has 0 saturated heterocycles. The molecule has 0 unspecified atom stereocenters. The maximum Gasteiger partial charge on any atom is 0.191 e. The number of nitrogens with one attached hydrogen (secondary N) is 2. The Hall–Kier alpha value is -2.01. The van der Waals surface area contributed by atoms with Gasteiger partial charge in [-0.2, -0.15) is 11.3 Å². The van der Waals surface area contributed by atoms with Crippen LogP contribution in [-0.4, -0.2) is 18.6 Å². The number of benzene rings is 1. The van der Waals surface area contributed by atoms with Gasteiger partial charge in [0.05, 0.1) is 0 Å². The van der Waals surface area contributed by atoms with Crippen LogP contribution < -0.4 is 15.4 Å². The standard InChI is InChI=1S/C18H25N3OS/c1-18(2,3)22-16-8-6-5-7-15(16)12-21-17(19-4)20-11-14-9-10-23-13-14/h5-10,13H,11-12H2,1-4H3,(H2,19,20,21). The molecular weight excluding hydrogens is 306 g/mol. The molecule has 2 N–H and O–H groups in total. The van der Waals surface area contributed by atoms with Crippen molar-refractivity contribution in [3.05, 3.63) is 52.2 Å². The van der Waals surface area contributed by atoms with Crippen LogP contribution in [0.4, 0.5) is 0 Å². The van der Waals surface area contributed by atoms with Gasteiger partial charge in [0.15, 0.2) is 5.96 Å². The lowest BCUT2D eigenvalue weighted by molar-refractivity contribution is 0.129. The Labute approximate surface area is 142 Å². The molecule has 1 aromatic carbocycles. The van der Waals surface area contributed by atoms with Gasteiger partial charge in [0.2, 0.25) is 0 Å². The normalized spacial score (nSPS) is 12.1. The van der Waals surface area contributed by atoms with E-state index in [-0.39, 0.29) is 5.60 Å². The van der Waals surface area contributed by atoms with E-state index in [2.05, 4.69) is 59.3 Å². The zero-order valence-corrected chi connectivity index (χ0v) is 15.0. The van der Waals surface area contributed by atoms with Crippen molar-refractivity contribution in [3.63, 3.8) is 0 Å². The number of para-hydroxylation sites is 1. The van der Waals surface area contributed by atoms with Crippen LogP contribution in [0.15, 0.2) is 46.1 Å². The van der Waals surface area contributed by atoms with E-state index in [0.29, 0.717) is 6.54 Å². The molecule has 0 aliphatic rings. The molecule has 0 aliphatic carbocycles. The molecule has 1 aromatic heterocycles. The van der Waals surface area contributed by atoms with Crippen molar-refractivity contribution in [2.45, 2.75) is 39.5 Å². The van der Waals surface area contributed by atoms with E-state index in [1.807, 2.05) is 18.2 Å². The predicted molar refractivity (Wildman–Crippen MR) is 98.2 cm³/mol. The smallest absolute Gasteiger partial charge is 0.191 e. The highest BCUT2D eigenvalue weighted by Crippen LogP contribution is 2.22. The van der Waals surface area contributed by atoms with Crippen molar-refractivity contribution in [1.29, 1.82) is 0 Å². The molecule has 0 bridgehead atoms. The van der Waals surface area contributed by atoms with Crippen LogP contribution in [-0.2, 0) is 13.1 Å². The molecule has 23 heavy (non-hydrogen) atoms. The summed E-state index contributed by atoms with van der Waals surface area (Å²) in [6, 6.07) is 10.2. The zero-order valence-electron chi connectivity index (χ0n) is 14.2. The molecule has 0 fully saturated rings. The first-order valence-electron chi connectivity index (χ1n) is 7.70. The maximum absolute atomic E-state index is 6.02. The monoisotopic (exact) mass is 331 g/mol. The van der Waals surface area contributed by atoms with Crippen LogP contribution in [0.3, 0.4) is 0 Å². The summed E-state index contributed by atoms with van der Waals surface area (Å²) in [5.41, 5.74) is 2.16. The molecule has 1 heterocycles. The molecule has 0 spiro atoms. The summed E-state index contributed by atoms with van der Waals surface area (Å²) < 4.78 is 6.02. The van der Waals surface area contributed by atoms with Crippen LogP contribution in [0.5, 0.6) is 5.75 Å². The number of ether oxygens (including phenoxy) is 1. The average Bonchev–Trinajstić information content (AvgIpc) is 3.01. The molecule has 0 radical (unpaired) electrons. The first kappa shape index (κ1) is 17.3. The van der Waals surface area contributed by atoms with Gasteiger partial charge in [-0.1, -0.05) is 18.2 Å². The van der Waals surface area contributed by atoms with E-state index in [0.717, 1.165) is 23.8 Å². The van der Waals surface area contributed by atoms with Crippen molar-refractivity contribution in [1.82, 2.24) is 10.6 Å². The highest BCUT2D eigenvalue weighted by molar-refractivity contribution is 7.07. The van der Waals surface area contributed by atoms with E-state index in [4.69, 9.17) is 4.74 Å². The van der Waals surface area contributed by atoms with Gasteiger partial charge in [-0.25, -0.2) is 0 Å². The molecule has 2 rings (SSSR count). The second-order valence-corrected chi connectivity index (χ2v) is 7.01. The van der Waals surface area contributed by atoms with E-state index in [9.17, 15) is 0 Å². The lowest BCUT2D eigenvalue weighted by Gasteiger charge is -2.23. The summed E-state index contributed by atoms with van der Waals surface area (Å²) in [6.07, 6.45) is 0. The van der Waals surface area contributed by atoms with Crippen molar-refractivity contribution >= 4 is 17.3 Å². The van der Waals surface area contributed by atoms with Crippen molar-refractivity contribution in [2.75, 3.05) is 7.05 Å². The minimum Gasteiger partial charge on any atom is -0.488 e. The van der Waals surface area contributed by atoms with Gasteiger partial charge in [0, 0.05) is 25.7 Å². The molecular formula is C18H25N3OS. The number of rotatable bonds is 5. The maximum atomic E-state index is 6.02. The number of aliphatic imine (C=N–C) groups is 1.